The third kappa shape index (κ3) is 3.80. The quantitative estimate of drug-likeness (QED) is 0.884. The smallest absolute Gasteiger partial charge is 0.111 e. The Morgan fingerprint density at radius 1 is 1.37 bits per heavy atom. The van der Waals surface area contributed by atoms with E-state index >= 15 is 0 Å². The van der Waals surface area contributed by atoms with E-state index < -0.39 is 5.60 Å². The predicted molar refractivity (Wildman–Crippen MR) is 77.1 cm³/mol. The van der Waals surface area contributed by atoms with Gasteiger partial charge in [-0.3, -0.25) is 0 Å². The molecule has 1 aliphatic rings. The molecule has 1 aromatic heterocycles. The van der Waals surface area contributed by atoms with Crippen molar-refractivity contribution in [3.05, 3.63) is 18.2 Å². The molecule has 1 aromatic rings. The number of hydrogen-bond donors (Lipinski definition) is 1. The van der Waals surface area contributed by atoms with Gasteiger partial charge in [0.05, 0.1) is 5.60 Å². The minimum absolute atomic E-state index is 0.564. The van der Waals surface area contributed by atoms with Gasteiger partial charge in [0.25, 0.3) is 0 Å². The number of likely N-dealkylation sites (tertiary alicyclic amines) is 1. The number of aliphatic hydroxyl groups is 1. The first-order valence-electron chi connectivity index (χ1n) is 7.47. The Morgan fingerprint density at radius 3 is 2.63 bits per heavy atom. The van der Waals surface area contributed by atoms with Gasteiger partial charge in [-0.15, -0.1) is 0 Å². The highest BCUT2D eigenvalue weighted by molar-refractivity contribution is 5.00. The fourth-order valence-electron chi connectivity index (χ4n) is 2.93. The maximum Gasteiger partial charge on any atom is 0.111 e. The number of aryl methyl sites for hydroxylation is 1. The maximum atomic E-state index is 10.7. The lowest BCUT2D eigenvalue weighted by atomic mass is 9.87. The summed E-state index contributed by atoms with van der Waals surface area (Å²) < 4.78 is 2.12. The summed E-state index contributed by atoms with van der Waals surface area (Å²) in [6.45, 7) is 10.7. The molecule has 0 unspecified atom stereocenters. The van der Waals surface area contributed by atoms with Gasteiger partial charge in [0, 0.05) is 45.0 Å². The van der Waals surface area contributed by atoms with E-state index in [1.54, 1.807) is 0 Å². The molecule has 2 heterocycles. The van der Waals surface area contributed by atoms with Crippen molar-refractivity contribution in [2.24, 2.45) is 5.92 Å². The third-order valence-electron chi connectivity index (χ3n) is 4.04. The van der Waals surface area contributed by atoms with Gasteiger partial charge in [-0.25, -0.2) is 4.98 Å². The second-order valence-electron chi connectivity index (χ2n) is 6.23. The molecule has 4 heteroatoms. The second kappa shape index (κ2) is 6.06. The van der Waals surface area contributed by atoms with Crippen LogP contribution in [0.2, 0.25) is 0 Å². The number of hydrogen-bond acceptors (Lipinski definition) is 3. The average Bonchev–Trinajstić information content (AvgIpc) is 2.79. The molecule has 4 nitrogen and oxygen atoms in total. The second-order valence-corrected chi connectivity index (χ2v) is 6.23. The van der Waals surface area contributed by atoms with Crippen molar-refractivity contribution in [1.29, 1.82) is 0 Å². The zero-order chi connectivity index (χ0) is 13.9. The van der Waals surface area contributed by atoms with E-state index in [1.807, 2.05) is 12.4 Å². The highest BCUT2D eigenvalue weighted by Gasteiger charge is 2.33. The van der Waals surface area contributed by atoms with E-state index in [9.17, 15) is 5.11 Å². The molecule has 108 valence electrons. The summed E-state index contributed by atoms with van der Waals surface area (Å²) in [5.74, 6) is 1.72. The zero-order valence-electron chi connectivity index (χ0n) is 12.5. The molecular weight excluding hydrogens is 238 g/mol. The highest BCUT2D eigenvalue weighted by atomic mass is 16.3. The molecule has 0 spiro atoms. The highest BCUT2D eigenvalue weighted by Crippen LogP contribution is 2.26. The lowest BCUT2D eigenvalue weighted by Gasteiger charge is -2.38. The molecule has 0 saturated carbocycles. The lowest BCUT2D eigenvalue weighted by Crippen LogP contribution is -2.46. The average molecular weight is 265 g/mol. The van der Waals surface area contributed by atoms with Crippen LogP contribution in [0, 0.1) is 5.92 Å². The number of aromatic nitrogens is 2. The first-order chi connectivity index (χ1) is 9.02. The molecule has 0 amide bonds. The minimum Gasteiger partial charge on any atom is -0.389 e. The van der Waals surface area contributed by atoms with Crippen LogP contribution in [0.15, 0.2) is 12.4 Å². The van der Waals surface area contributed by atoms with Crippen LogP contribution in [0.25, 0.3) is 0 Å². The first-order valence-corrected chi connectivity index (χ1v) is 7.47. The Morgan fingerprint density at radius 2 is 2.05 bits per heavy atom. The van der Waals surface area contributed by atoms with Crippen LogP contribution in [0.1, 0.15) is 39.4 Å². The van der Waals surface area contributed by atoms with E-state index in [2.05, 4.69) is 35.2 Å². The van der Waals surface area contributed by atoms with Crippen molar-refractivity contribution in [1.82, 2.24) is 14.5 Å². The first kappa shape index (κ1) is 14.5. The van der Waals surface area contributed by atoms with E-state index in [1.165, 1.54) is 0 Å². The van der Waals surface area contributed by atoms with Crippen molar-refractivity contribution in [3.63, 3.8) is 0 Å². The van der Waals surface area contributed by atoms with Crippen molar-refractivity contribution >= 4 is 0 Å². The molecule has 1 saturated heterocycles. The van der Waals surface area contributed by atoms with Gasteiger partial charge in [0.2, 0.25) is 0 Å². The van der Waals surface area contributed by atoms with E-state index in [-0.39, 0.29) is 0 Å². The standard InChI is InChI=1S/C15H27N3O/c1-4-18-10-7-16-14(18)11-15(19)5-8-17(9-6-15)12-13(2)3/h7,10,13,19H,4-6,8-9,11-12H2,1-3H3. The zero-order valence-corrected chi connectivity index (χ0v) is 12.5. The van der Waals surface area contributed by atoms with E-state index in [4.69, 9.17) is 0 Å². The summed E-state index contributed by atoms with van der Waals surface area (Å²) >= 11 is 0. The van der Waals surface area contributed by atoms with Crippen LogP contribution in [0.5, 0.6) is 0 Å². The molecule has 0 radical (unpaired) electrons. The fourth-order valence-corrected chi connectivity index (χ4v) is 2.93. The van der Waals surface area contributed by atoms with Crippen molar-refractivity contribution in [2.45, 2.75) is 52.2 Å². The van der Waals surface area contributed by atoms with Crippen LogP contribution in [0.3, 0.4) is 0 Å². The molecule has 1 aliphatic heterocycles. The number of piperidine rings is 1. The molecule has 0 aliphatic carbocycles. The number of rotatable bonds is 5. The van der Waals surface area contributed by atoms with Gasteiger partial charge in [0.1, 0.15) is 5.82 Å². The normalized spacial score (nSPS) is 20.1. The SMILES string of the molecule is CCn1ccnc1CC1(O)CCN(CC(C)C)CC1. The van der Waals surface area contributed by atoms with Crippen LogP contribution in [-0.4, -0.2) is 44.8 Å². The van der Waals surface area contributed by atoms with Crippen molar-refractivity contribution < 1.29 is 5.11 Å². The minimum atomic E-state index is -0.564. The van der Waals surface area contributed by atoms with E-state index in [0.717, 1.165) is 44.8 Å². The van der Waals surface area contributed by atoms with Gasteiger partial charge in [-0.05, 0) is 25.7 Å². The largest absolute Gasteiger partial charge is 0.389 e. The maximum absolute atomic E-state index is 10.7. The summed E-state index contributed by atoms with van der Waals surface area (Å²) in [5.41, 5.74) is -0.564. The Labute approximate surface area is 116 Å². The van der Waals surface area contributed by atoms with Crippen molar-refractivity contribution in [3.8, 4) is 0 Å². The summed E-state index contributed by atoms with van der Waals surface area (Å²) in [5, 5.41) is 10.7. The number of imidazole rings is 1. The summed E-state index contributed by atoms with van der Waals surface area (Å²) in [7, 11) is 0. The molecule has 0 aromatic carbocycles. The van der Waals surface area contributed by atoms with Crippen LogP contribution >= 0.6 is 0 Å². The predicted octanol–water partition coefficient (Wildman–Crippen LogP) is 1.93. The molecular formula is C15H27N3O. The lowest BCUT2D eigenvalue weighted by molar-refractivity contribution is -0.0246. The van der Waals surface area contributed by atoms with E-state index in [0.29, 0.717) is 12.3 Å². The molecule has 1 N–H and O–H groups in total. The Bertz CT molecular complexity index is 392. The molecule has 0 bridgehead atoms. The molecule has 0 atom stereocenters. The Hall–Kier alpha value is -0.870. The fraction of sp³-hybridized carbons (Fsp3) is 0.800. The van der Waals surface area contributed by atoms with Gasteiger partial charge in [-0.2, -0.15) is 0 Å². The topological polar surface area (TPSA) is 41.3 Å². The molecule has 2 rings (SSSR count). The Balaban J connectivity index is 1.91. The summed E-state index contributed by atoms with van der Waals surface area (Å²) in [6, 6.07) is 0. The molecule has 1 fully saturated rings. The monoisotopic (exact) mass is 265 g/mol. The Kier molecular flexibility index (Phi) is 4.63. The third-order valence-corrected chi connectivity index (χ3v) is 4.04. The van der Waals surface area contributed by atoms with Crippen LogP contribution in [0.4, 0.5) is 0 Å². The van der Waals surface area contributed by atoms with Crippen LogP contribution in [-0.2, 0) is 13.0 Å². The summed E-state index contributed by atoms with van der Waals surface area (Å²) in [4.78, 5) is 6.85. The van der Waals surface area contributed by atoms with Crippen molar-refractivity contribution in [2.75, 3.05) is 19.6 Å². The van der Waals surface area contributed by atoms with Gasteiger partial charge in [-0.1, -0.05) is 13.8 Å². The van der Waals surface area contributed by atoms with Gasteiger partial charge < -0.3 is 14.6 Å². The van der Waals surface area contributed by atoms with Crippen LogP contribution < -0.4 is 0 Å². The summed E-state index contributed by atoms with van der Waals surface area (Å²) in [6.07, 6.45) is 6.22. The van der Waals surface area contributed by atoms with Gasteiger partial charge in [0.15, 0.2) is 0 Å². The number of nitrogens with zero attached hydrogens (tertiary/aromatic N) is 3. The molecule has 19 heavy (non-hydrogen) atoms. The van der Waals surface area contributed by atoms with Gasteiger partial charge >= 0.3 is 0 Å².